The van der Waals surface area contributed by atoms with Gasteiger partial charge in [-0.3, -0.25) is 0 Å². The van der Waals surface area contributed by atoms with Crippen molar-refractivity contribution in [3.8, 4) is 0 Å². The van der Waals surface area contributed by atoms with Gasteiger partial charge in [0.1, 0.15) is 5.22 Å². The maximum atomic E-state index is 6.31. The van der Waals surface area contributed by atoms with Crippen LogP contribution in [0.3, 0.4) is 0 Å². The molecule has 0 spiro atoms. The zero-order valence-electron chi connectivity index (χ0n) is 15.3. The lowest BCUT2D eigenvalue weighted by atomic mass is 9.84. The first-order chi connectivity index (χ1) is 10.0. The normalized spacial score (nSPS) is 31.3. The Balaban J connectivity index is 3.48. The van der Waals surface area contributed by atoms with E-state index < -0.39 is 13.9 Å². The van der Waals surface area contributed by atoms with Crippen LogP contribution in [0.15, 0.2) is 0 Å². The third kappa shape index (κ3) is 2.52. The molecule has 0 saturated carbocycles. The molecular weight excluding hydrogens is 280 g/mol. The molecule has 1 aliphatic heterocycles. The Morgan fingerprint density at radius 2 is 1.52 bits per heavy atom. The van der Waals surface area contributed by atoms with Gasteiger partial charge in [-0.25, -0.2) is 0 Å². The molecule has 0 aliphatic carbocycles. The Bertz CT molecular complexity index is 307. The van der Waals surface area contributed by atoms with Crippen molar-refractivity contribution < 1.29 is 14.2 Å². The van der Waals surface area contributed by atoms with Crippen LogP contribution in [0.1, 0.15) is 53.4 Å². The average molecular weight is 317 g/mol. The van der Waals surface area contributed by atoms with E-state index >= 15 is 0 Å². The molecule has 2 unspecified atom stereocenters. The van der Waals surface area contributed by atoms with Gasteiger partial charge in [-0.2, -0.15) is 0 Å². The molecule has 3 nitrogen and oxygen atoms in total. The van der Waals surface area contributed by atoms with E-state index in [1.54, 1.807) is 0 Å². The highest BCUT2D eigenvalue weighted by Gasteiger charge is 2.68. The van der Waals surface area contributed by atoms with Gasteiger partial charge in [0.05, 0.1) is 8.07 Å². The van der Waals surface area contributed by atoms with Gasteiger partial charge < -0.3 is 14.2 Å². The van der Waals surface area contributed by atoms with E-state index in [1.807, 2.05) is 21.3 Å². The summed E-state index contributed by atoms with van der Waals surface area (Å²) in [5, 5.41) is -0.245. The molecule has 0 aromatic carbocycles. The van der Waals surface area contributed by atoms with Crippen molar-refractivity contribution in [2.45, 2.75) is 82.5 Å². The Hall–Kier alpha value is 0.0969. The first-order valence-electron chi connectivity index (χ1n) is 8.68. The van der Waals surface area contributed by atoms with Gasteiger partial charge >= 0.3 is 0 Å². The fraction of sp³-hybridized carbons (Fsp3) is 1.00. The second kappa shape index (κ2) is 7.58. The highest BCUT2D eigenvalue weighted by molar-refractivity contribution is 6.83. The minimum Gasteiger partial charge on any atom is -0.376 e. The number of hydrogen-bond acceptors (Lipinski definition) is 3. The second-order valence-corrected chi connectivity index (χ2v) is 11.8. The quantitative estimate of drug-likeness (QED) is 0.483. The molecule has 0 aromatic rings. The molecule has 0 aromatic heterocycles. The summed E-state index contributed by atoms with van der Waals surface area (Å²) in [6.07, 6.45) is 4.49. The van der Waals surface area contributed by atoms with Gasteiger partial charge in [-0.15, -0.1) is 0 Å². The van der Waals surface area contributed by atoms with Crippen LogP contribution in [0, 0.1) is 5.92 Å². The van der Waals surface area contributed by atoms with Crippen LogP contribution in [0.25, 0.3) is 0 Å². The predicted octanol–water partition coefficient (Wildman–Crippen LogP) is 4.62. The Kier molecular flexibility index (Phi) is 6.91. The Morgan fingerprint density at radius 3 is 1.86 bits per heavy atom. The van der Waals surface area contributed by atoms with Crippen LogP contribution in [0.4, 0.5) is 0 Å². The summed E-state index contributed by atoms with van der Waals surface area (Å²) in [5.41, 5.74) is 0. The summed E-state index contributed by atoms with van der Waals surface area (Å²) < 4.78 is 18.6. The number of rotatable bonds is 8. The van der Waals surface area contributed by atoms with E-state index in [1.165, 1.54) is 24.6 Å². The van der Waals surface area contributed by atoms with Crippen LogP contribution in [0.2, 0.25) is 18.1 Å². The second-order valence-electron chi connectivity index (χ2n) is 6.47. The van der Waals surface area contributed by atoms with Crippen molar-refractivity contribution in [2.75, 3.05) is 21.3 Å². The van der Waals surface area contributed by atoms with Crippen LogP contribution in [-0.4, -0.2) is 40.4 Å². The summed E-state index contributed by atoms with van der Waals surface area (Å²) in [7, 11) is 3.86. The molecular formula is C17H36O3Si. The van der Waals surface area contributed by atoms with E-state index in [-0.39, 0.29) is 5.22 Å². The van der Waals surface area contributed by atoms with Gasteiger partial charge in [0, 0.05) is 27.2 Å². The van der Waals surface area contributed by atoms with Crippen LogP contribution < -0.4 is 0 Å². The molecule has 0 bridgehead atoms. The zero-order chi connectivity index (χ0) is 16.1. The molecule has 1 heterocycles. The Labute approximate surface area is 132 Å². The summed E-state index contributed by atoms with van der Waals surface area (Å²) in [5.74, 6) is -0.153. The van der Waals surface area contributed by atoms with Gasteiger partial charge in [0.15, 0.2) is 5.79 Å². The molecule has 0 radical (unpaired) electrons. The lowest BCUT2D eigenvalue weighted by Crippen LogP contribution is -2.77. The third-order valence-electron chi connectivity index (χ3n) is 6.37. The lowest BCUT2D eigenvalue weighted by molar-refractivity contribution is -0.318. The molecule has 1 fully saturated rings. The minimum absolute atomic E-state index is 0.245. The van der Waals surface area contributed by atoms with E-state index in [9.17, 15) is 0 Å². The monoisotopic (exact) mass is 316 g/mol. The van der Waals surface area contributed by atoms with Gasteiger partial charge in [0.2, 0.25) is 0 Å². The fourth-order valence-electron chi connectivity index (χ4n) is 5.27. The number of ether oxygens (including phenoxy) is 3. The van der Waals surface area contributed by atoms with Crippen molar-refractivity contribution in [3.63, 3.8) is 0 Å². The molecule has 0 amide bonds. The minimum atomic E-state index is -1.63. The molecule has 0 N–H and O–H groups in total. The molecule has 1 rings (SSSR count). The first-order valence-corrected chi connectivity index (χ1v) is 11.3. The smallest absolute Gasteiger partial charge is 0.196 e. The molecule has 1 aliphatic rings. The van der Waals surface area contributed by atoms with Crippen LogP contribution in [-0.2, 0) is 14.2 Å². The highest BCUT2D eigenvalue weighted by atomic mass is 28.3. The van der Waals surface area contributed by atoms with Crippen molar-refractivity contribution in [1.29, 1.82) is 0 Å². The maximum Gasteiger partial charge on any atom is 0.196 e. The number of hydrogen-bond donors (Lipinski definition) is 0. The van der Waals surface area contributed by atoms with Gasteiger partial charge in [-0.1, -0.05) is 52.2 Å². The van der Waals surface area contributed by atoms with E-state index in [2.05, 4.69) is 27.7 Å². The summed E-state index contributed by atoms with van der Waals surface area (Å²) in [6, 6.07) is 3.80. The van der Waals surface area contributed by atoms with Crippen LogP contribution >= 0.6 is 0 Å². The fourth-order valence-corrected chi connectivity index (χ4v) is 11.3. The molecule has 1 saturated heterocycles. The van der Waals surface area contributed by atoms with Gasteiger partial charge in [-0.05, 0) is 19.3 Å². The standard InChI is InChI=1S/C17H36O3Si/c1-8-12-15-13-14-21(10-3,11-4)16(9-2,18-5)17(15,19-6)20-7/h15H,8-14H2,1-7H3. The van der Waals surface area contributed by atoms with Crippen LogP contribution in [0.5, 0.6) is 0 Å². The summed E-state index contributed by atoms with van der Waals surface area (Å²) >= 11 is 0. The lowest BCUT2D eigenvalue weighted by Gasteiger charge is -2.62. The Morgan fingerprint density at radius 1 is 0.952 bits per heavy atom. The van der Waals surface area contributed by atoms with Crippen molar-refractivity contribution in [1.82, 2.24) is 0 Å². The van der Waals surface area contributed by atoms with Crippen molar-refractivity contribution in [2.24, 2.45) is 5.92 Å². The molecule has 126 valence electrons. The maximum absolute atomic E-state index is 6.31. The van der Waals surface area contributed by atoms with Gasteiger partial charge in [0.25, 0.3) is 0 Å². The molecule has 4 heteroatoms. The predicted molar refractivity (Wildman–Crippen MR) is 91.3 cm³/mol. The average Bonchev–Trinajstić information content (AvgIpc) is 2.54. The van der Waals surface area contributed by atoms with Crippen molar-refractivity contribution >= 4 is 8.07 Å². The third-order valence-corrected chi connectivity index (χ3v) is 12.9. The largest absolute Gasteiger partial charge is 0.376 e. The highest BCUT2D eigenvalue weighted by Crippen LogP contribution is 2.55. The van der Waals surface area contributed by atoms with E-state index in [0.29, 0.717) is 5.92 Å². The topological polar surface area (TPSA) is 27.7 Å². The number of methoxy groups -OCH3 is 3. The summed E-state index contributed by atoms with van der Waals surface area (Å²) in [4.78, 5) is 0. The zero-order valence-corrected chi connectivity index (χ0v) is 16.3. The molecule has 21 heavy (non-hydrogen) atoms. The molecule has 2 atom stereocenters. The van der Waals surface area contributed by atoms with E-state index in [4.69, 9.17) is 14.2 Å². The first kappa shape index (κ1) is 19.1. The van der Waals surface area contributed by atoms with Crippen molar-refractivity contribution in [3.05, 3.63) is 0 Å². The SMILES string of the molecule is CCCC1CC[Si](CC)(CC)C(CC)(OC)C1(OC)OC. The van der Waals surface area contributed by atoms with E-state index in [0.717, 1.165) is 19.3 Å². The summed E-state index contributed by atoms with van der Waals surface area (Å²) in [6.45, 7) is 9.18.